The van der Waals surface area contributed by atoms with E-state index >= 15 is 0 Å². The van der Waals surface area contributed by atoms with Gasteiger partial charge in [0.15, 0.2) is 0 Å². The third-order valence-electron chi connectivity index (χ3n) is 4.53. The van der Waals surface area contributed by atoms with Crippen LogP contribution in [-0.4, -0.2) is 15.7 Å². The van der Waals surface area contributed by atoms with Crippen molar-refractivity contribution in [1.29, 1.82) is 0 Å². The van der Waals surface area contributed by atoms with Crippen LogP contribution in [0, 0.1) is 11.6 Å². The van der Waals surface area contributed by atoms with Crippen molar-refractivity contribution in [2.45, 2.75) is 24.9 Å². The minimum absolute atomic E-state index is 0.0740. The summed E-state index contributed by atoms with van der Waals surface area (Å²) in [6.45, 7) is 0. The van der Waals surface area contributed by atoms with Gasteiger partial charge in [-0.2, -0.15) is 18.3 Å². The lowest BCUT2D eigenvalue weighted by molar-refractivity contribution is -0.137. The summed E-state index contributed by atoms with van der Waals surface area (Å²) in [5.74, 6) is -2.47. The third kappa shape index (κ3) is 3.98. The highest BCUT2D eigenvalue weighted by Gasteiger charge is 2.32. The fourth-order valence-electron chi connectivity index (χ4n) is 2.95. The van der Waals surface area contributed by atoms with Crippen LogP contribution in [0.4, 0.5) is 27.8 Å². The number of hydrogen-bond donors (Lipinski definition) is 1. The average Bonchev–Trinajstić information content (AvgIpc) is 3.42. The number of rotatable bonds is 4. The molecule has 1 N–H and O–H groups in total. The molecule has 2 aromatic carbocycles. The summed E-state index contributed by atoms with van der Waals surface area (Å²) in [7, 11) is 0. The van der Waals surface area contributed by atoms with E-state index in [2.05, 4.69) is 10.4 Å². The highest BCUT2D eigenvalue weighted by atomic mass is 19.4. The van der Waals surface area contributed by atoms with Gasteiger partial charge in [-0.25, -0.2) is 13.5 Å². The summed E-state index contributed by atoms with van der Waals surface area (Å²) in [4.78, 5) is 12.5. The molecule has 0 bridgehead atoms. The van der Waals surface area contributed by atoms with Crippen LogP contribution in [0.3, 0.4) is 0 Å². The summed E-state index contributed by atoms with van der Waals surface area (Å²) < 4.78 is 67.8. The molecule has 0 spiro atoms. The van der Waals surface area contributed by atoms with Gasteiger partial charge in [-0.05, 0) is 43.2 Å². The number of halogens is 5. The van der Waals surface area contributed by atoms with E-state index in [1.165, 1.54) is 22.9 Å². The molecule has 9 heteroatoms. The maximum Gasteiger partial charge on any atom is 0.416 e. The predicted molar refractivity (Wildman–Crippen MR) is 94.9 cm³/mol. The molecule has 29 heavy (non-hydrogen) atoms. The van der Waals surface area contributed by atoms with Crippen molar-refractivity contribution in [3.63, 3.8) is 0 Å². The number of para-hydroxylation sites is 1. The van der Waals surface area contributed by atoms with Gasteiger partial charge >= 0.3 is 6.18 Å². The number of amides is 1. The van der Waals surface area contributed by atoms with Gasteiger partial charge in [0, 0.05) is 17.5 Å². The van der Waals surface area contributed by atoms with Crippen molar-refractivity contribution in [1.82, 2.24) is 9.78 Å². The highest BCUT2D eigenvalue weighted by Crippen LogP contribution is 2.40. The minimum atomic E-state index is -4.80. The molecule has 0 radical (unpaired) electrons. The summed E-state index contributed by atoms with van der Waals surface area (Å²) in [6, 6.07) is 8.89. The Morgan fingerprint density at radius 3 is 2.45 bits per heavy atom. The molecule has 0 unspecified atom stereocenters. The molecule has 0 saturated heterocycles. The normalized spacial score (nSPS) is 14.1. The maximum atomic E-state index is 14.2. The third-order valence-corrected chi connectivity index (χ3v) is 4.53. The monoisotopic (exact) mass is 407 g/mol. The van der Waals surface area contributed by atoms with Crippen LogP contribution in [0.5, 0.6) is 0 Å². The lowest BCUT2D eigenvalue weighted by Gasteiger charge is -2.11. The molecule has 1 fully saturated rings. The summed E-state index contributed by atoms with van der Waals surface area (Å²) in [5.41, 5.74) is -1.07. The first-order chi connectivity index (χ1) is 13.7. The van der Waals surface area contributed by atoms with Crippen LogP contribution >= 0.6 is 0 Å². The minimum Gasteiger partial charge on any atom is -0.306 e. The van der Waals surface area contributed by atoms with E-state index < -0.39 is 34.8 Å². The summed E-state index contributed by atoms with van der Waals surface area (Å²) in [6.07, 6.45) is -2.99. The molecule has 150 valence electrons. The Hall–Kier alpha value is -3.23. The van der Waals surface area contributed by atoms with E-state index in [4.69, 9.17) is 0 Å². The molecule has 1 amide bonds. The van der Waals surface area contributed by atoms with Crippen molar-refractivity contribution in [3.05, 3.63) is 77.0 Å². The van der Waals surface area contributed by atoms with E-state index in [1.807, 2.05) is 0 Å². The number of nitrogens with one attached hydrogen (secondary N) is 1. The van der Waals surface area contributed by atoms with Crippen LogP contribution < -0.4 is 5.32 Å². The average molecular weight is 407 g/mol. The Morgan fingerprint density at radius 1 is 1.07 bits per heavy atom. The predicted octanol–water partition coefficient (Wildman–Crippen LogP) is 5.30. The van der Waals surface area contributed by atoms with E-state index in [0.29, 0.717) is 23.9 Å². The van der Waals surface area contributed by atoms with Gasteiger partial charge in [0.25, 0.3) is 5.91 Å². The Kier molecular flexibility index (Phi) is 4.60. The van der Waals surface area contributed by atoms with Gasteiger partial charge in [0.2, 0.25) is 0 Å². The van der Waals surface area contributed by atoms with Crippen molar-refractivity contribution in [2.24, 2.45) is 0 Å². The van der Waals surface area contributed by atoms with Crippen LogP contribution in [0.15, 0.2) is 48.5 Å². The van der Waals surface area contributed by atoms with Crippen molar-refractivity contribution >= 4 is 11.7 Å². The summed E-state index contributed by atoms with van der Waals surface area (Å²) in [5, 5.41) is 6.75. The van der Waals surface area contributed by atoms with E-state index in [0.717, 1.165) is 12.8 Å². The van der Waals surface area contributed by atoms with Crippen LogP contribution in [0.2, 0.25) is 0 Å². The number of carbonyl (C=O) groups excluding carboxylic acids is 1. The Bertz CT molecular complexity index is 1090. The molecule has 0 atom stereocenters. The van der Waals surface area contributed by atoms with Crippen LogP contribution in [0.25, 0.3) is 5.69 Å². The maximum absolute atomic E-state index is 14.2. The lowest BCUT2D eigenvalue weighted by Crippen LogP contribution is -2.17. The van der Waals surface area contributed by atoms with E-state index in [-0.39, 0.29) is 17.4 Å². The number of alkyl halides is 3. The van der Waals surface area contributed by atoms with Crippen LogP contribution in [0.1, 0.15) is 40.4 Å². The fourth-order valence-corrected chi connectivity index (χ4v) is 2.95. The summed E-state index contributed by atoms with van der Waals surface area (Å²) >= 11 is 0. The van der Waals surface area contributed by atoms with E-state index in [1.54, 1.807) is 12.1 Å². The number of carbonyl (C=O) groups is 1. The SMILES string of the molecule is O=C(Nc1cc(C2CC2)nn1-c1ccccc1F)c1cc(F)cc(C(F)(F)F)c1. The van der Waals surface area contributed by atoms with Gasteiger partial charge in [0.05, 0.1) is 11.3 Å². The lowest BCUT2D eigenvalue weighted by atomic mass is 10.1. The number of nitrogens with zero attached hydrogens (tertiary/aromatic N) is 2. The standard InChI is InChI=1S/C20H14F5N3O/c21-14-8-12(7-13(9-14)20(23,24)25)19(29)26-18-10-16(11-5-6-11)27-28(18)17-4-2-1-3-15(17)22/h1-4,7-11H,5-6H2,(H,26,29). The molecule has 1 saturated carbocycles. The van der Waals surface area contributed by atoms with E-state index in [9.17, 15) is 26.7 Å². The Labute approximate surface area is 162 Å². The Balaban J connectivity index is 1.70. The highest BCUT2D eigenvalue weighted by molar-refractivity contribution is 6.04. The molecule has 1 heterocycles. The number of aromatic nitrogens is 2. The quantitative estimate of drug-likeness (QED) is 0.597. The van der Waals surface area contributed by atoms with Crippen molar-refractivity contribution in [3.8, 4) is 5.69 Å². The molecule has 1 aliphatic carbocycles. The van der Waals surface area contributed by atoms with Crippen molar-refractivity contribution in [2.75, 3.05) is 5.32 Å². The molecular weight excluding hydrogens is 393 g/mol. The van der Waals surface area contributed by atoms with Crippen LogP contribution in [-0.2, 0) is 6.18 Å². The van der Waals surface area contributed by atoms with Crippen molar-refractivity contribution < 1.29 is 26.7 Å². The topological polar surface area (TPSA) is 46.9 Å². The van der Waals surface area contributed by atoms with Gasteiger partial charge in [-0.15, -0.1) is 0 Å². The molecule has 1 aliphatic rings. The molecule has 0 aliphatic heterocycles. The van der Waals surface area contributed by atoms with Gasteiger partial charge in [-0.1, -0.05) is 12.1 Å². The second-order valence-corrected chi connectivity index (χ2v) is 6.77. The molecule has 3 aromatic rings. The molecule has 4 rings (SSSR count). The first-order valence-electron chi connectivity index (χ1n) is 8.76. The zero-order valence-electron chi connectivity index (χ0n) is 14.8. The zero-order chi connectivity index (χ0) is 20.8. The van der Waals surface area contributed by atoms with Gasteiger partial charge in [0.1, 0.15) is 23.1 Å². The second-order valence-electron chi connectivity index (χ2n) is 6.77. The molecule has 1 aromatic heterocycles. The second kappa shape index (κ2) is 6.98. The number of hydrogen-bond acceptors (Lipinski definition) is 2. The van der Waals surface area contributed by atoms with Gasteiger partial charge in [-0.3, -0.25) is 4.79 Å². The molecule has 4 nitrogen and oxygen atoms in total. The first-order valence-corrected chi connectivity index (χ1v) is 8.76. The number of anilines is 1. The first kappa shape index (κ1) is 19.1. The smallest absolute Gasteiger partial charge is 0.306 e. The molecular formula is C20H14F5N3O. The number of benzene rings is 2. The van der Waals surface area contributed by atoms with Gasteiger partial charge < -0.3 is 5.32 Å². The Morgan fingerprint density at radius 2 is 1.79 bits per heavy atom. The largest absolute Gasteiger partial charge is 0.416 e. The zero-order valence-corrected chi connectivity index (χ0v) is 14.8. The fraction of sp³-hybridized carbons (Fsp3) is 0.200.